The van der Waals surface area contributed by atoms with Crippen LogP contribution in [0, 0.1) is 11.8 Å². The number of aromatic nitrogens is 2. The molecule has 2 nitrogen and oxygen atoms in total. The maximum absolute atomic E-state index is 4.54. The number of hydrogen-bond donors (Lipinski definition) is 0. The Labute approximate surface area is 86.8 Å². The monoisotopic (exact) mass is 192 g/mol. The summed E-state index contributed by atoms with van der Waals surface area (Å²) in [7, 11) is 0. The minimum atomic E-state index is 0.629. The second-order valence-electron chi connectivity index (χ2n) is 4.66. The van der Waals surface area contributed by atoms with Crippen molar-refractivity contribution in [2.75, 3.05) is 0 Å². The average Bonchev–Trinajstić information content (AvgIpc) is 2.01. The van der Waals surface area contributed by atoms with Crippen LogP contribution in [-0.2, 0) is 12.8 Å². The fourth-order valence-corrected chi connectivity index (χ4v) is 1.44. The third kappa shape index (κ3) is 3.86. The Balaban J connectivity index is 2.68. The molecule has 0 aliphatic rings. The van der Waals surface area contributed by atoms with Crippen LogP contribution < -0.4 is 0 Å². The summed E-state index contributed by atoms with van der Waals surface area (Å²) in [5, 5.41) is 0. The summed E-state index contributed by atoms with van der Waals surface area (Å²) in [6.07, 6.45) is 3.90. The van der Waals surface area contributed by atoms with E-state index >= 15 is 0 Å². The fraction of sp³-hybridized carbons (Fsp3) is 0.667. The van der Waals surface area contributed by atoms with Gasteiger partial charge in [-0.3, -0.25) is 0 Å². The van der Waals surface area contributed by atoms with E-state index in [0.717, 1.165) is 18.7 Å². The molecule has 14 heavy (non-hydrogen) atoms. The van der Waals surface area contributed by atoms with E-state index < -0.39 is 0 Å². The highest BCUT2D eigenvalue weighted by Gasteiger charge is 2.03. The molecular weight excluding hydrogens is 172 g/mol. The fourth-order valence-electron chi connectivity index (χ4n) is 1.44. The number of nitrogens with zero attached hydrogens (tertiary/aromatic N) is 2. The second-order valence-corrected chi connectivity index (χ2v) is 4.66. The second kappa shape index (κ2) is 5.08. The molecule has 0 fully saturated rings. The van der Waals surface area contributed by atoms with Gasteiger partial charge in [0.05, 0.1) is 0 Å². The zero-order chi connectivity index (χ0) is 10.6. The molecule has 0 amide bonds. The quantitative estimate of drug-likeness (QED) is 0.733. The lowest BCUT2D eigenvalue weighted by Crippen LogP contribution is -2.04. The summed E-state index contributed by atoms with van der Waals surface area (Å²) in [4.78, 5) is 8.82. The van der Waals surface area contributed by atoms with Gasteiger partial charge in [0.1, 0.15) is 5.82 Å². The van der Waals surface area contributed by atoms with Gasteiger partial charge in [-0.15, -0.1) is 0 Å². The maximum Gasteiger partial charge on any atom is 0.128 e. The smallest absolute Gasteiger partial charge is 0.128 e. The maximum atomic E-state index is 4.54. The van der Waals surface area contributed by atoms with E-state index in [9.17, 15) is 0 Å². The predicted molar refractivity (Wildman–Crippen MR) is 59.1 cm³/mol. The van der Waals surface area contributed by atoms with Crippen molar-refractivity contribution in [3.8, 4) is 0 Å². The van der Waals surface area contributed by atoms with Crippen molar-refractivity contribution < 1.29 is 0 Å². The Morgan fingerprint density at radius 1 is 1.07 bits per heavy atom. The summed E-state index contributed by atoms with van der Waals surface area (Å²) in [5.74, 6) is 2.28. The third-order valence-electron chi connectivity index (χ3n) is 1.97. The first-order chi connectivity index (χ1) is 6.58. The normalized spacial score (nSPS) is 11.3. The minimum absolute atomic E-state index is 0.629. The molecular formula is C12H20N2. The first-order valence-electron chi connectivity index (χ1n) is 5.38. The summed E-state index contributed by atoms with van der Waals surface area (Å²) in [6, 6.07) is 2.02. The lowest BCUT2D eigenvalue weighted by Gasteiger charge is -2.07. The van der Waals surface area contributed by atoms with Gasteiger partial charge in [-0.2, -0.15) is 0 Å². The molecule has 1 rings (SSSR count). The Hall–Kier alpha value is -0.920. The van der Waals surface area contributed by atoms with Crippen molar-refractivity contribution in [2.45, 2.75) is 40.5 Å². The molecule has 1 heterocycles. The van der Waals surface area contributed by atoms with Gasteiger partial charge in [-0.1, -0.05) is 27.7 Å². The topological polar surface area (TPSA) is 25.8 Å². The Kier molecular flexibility index (Phi) is 4.05. The molecule has 0 unspecified atom stereocenters. The predicted octanol–water partition coefficient (Wildman–Crippen LogP) is 2.87. The SMILES string of the molecule is CC(C)Cc1ccnc(CC(C)C)n1. The molecule has 0 aliphatic carbocycles. The molecule has 0 saturated carbocycles. The summed E-state index contributed by atoms with van der Waals surface area (Å²) < 4.78 is 0. The third-order valence-corrected chi connectivity index (χ3v) is 1.97. The van der Waals surface area contributed by atoms with Crippen molar-refractivity contribution in [2.24, 2.45) is 11.8 Å². The molecule has 0 saturated heterocycles. The zero-order valence-electron chi connectivity index (χ0n) is 9.62. The van der Waals surface area contributed by atoms with Gasteiger partial charge < -0.3 is 0 Å². The van der Waals surface area contributed by atoms with Gasteiger partial charge in [0.25, 0.3) is 0 Å². The molecule has 0 N–H and O–H groups in total. The van der Waals surface area contributed by atoms with Crippen molar-refractivity contribution in [1.29, 1.82) is 0 Å². The van der Waals surface area contributed by atoms with Crippen LogP contribution >= 0.6 is 0 Å². The molecule has 0 aliphatic heterocycles. The van der Waals surface area contributed by atoms with E-state index in [0.29, 0.717) is 11.8 Å². The summed E-state index contributed by atoms with van der Waals surface area (Å²) in [5.41, 5.74) is 1.17. The lowest BCUT2D eigenvalue weighted by molar-refractivity contribution is 0.600. The van der Waals surface area contributed by atoms with E-state index in [1.807, 2.05) is 12.3 Å². The van der Waals surface area contributed by atoms with E-state index in [4.69, 9.17) is 0 Å². The Morgan fingerprint density at radius 3 is 2.29 bits per heavy atom. The highest BCUT2D eigenvalue weighted by molar-refractivity contribution is 5.03. The highest BCUT2D eigenvalue weighted by atomic mass is 14.9. The molecule has 0 radical (unpaired) electrons. The van der Waals surface area contributed by atoms with Gasteiger partial charge in [-0.05, 0) is 24.3 Å². The van der Waals surface area contributed by atoms with Crippen molar-refractivity contribution in [3.63, 3.8) is 0 Å². The van der Waals surface area contributed by atoms with Crippen LogP contribution in [0.3, 0.4) is 0 Å². The van der Waals surface area contributed by atoms with E-state index in [1.54, 1.807) is 0 Å². The Bertz CT molecular complexity index is 254. The minimum Gasteiger partial charge on any atom is -0.241 e. The number of hydrogen-bond acceptors (Lipinski definition) is 2. The molecule has 0 aromatic carbocycles. The van der Waals surface area contributed by atoms with E-state index in [-0.39, 0.29) is 0 Å². The van der Waals surface area contributed by atoms with Crippen LogP contribution in [0.5, 0.6) is 0 Å². The van der Waals surface area contributed by atoms with Gasteiger partial charge in [0, 0.05) is 18.3 Å². The molecule has 78 valence electrons. The summed E-state index contributed by atoms with van der Waals surface area (Å²) >= 11 is 0. The van der Waals surface area contributed by atoms with Crippen LogP contribution in [-0.4, -0.2) is 9.97 Å². The molecule has 1 aromatic rings. The number of rotatable bonds is 4. The van der Waals surface area contributed by atoms with Crippen LogP contribution in [0.15, 0.2) is 12.3 Å². The summed E-state index contributed by atoms with van der Waals surface area (Å²) in [6.45, 7) is 8.81. The molecule has 0 atom stereocenters. The van der Waals surface area contributed by atoms with Crippen molar-refractivity contribution in [3.05, 3.63) is 23.8 Å². The lowest BCUT2D eigenvalue weighted by atomic mass is 10.1. The first kappa shape index (κ1) is 11.2. The van der Waals surface area contributed by atoms with Gasteiger partial charge in [0.15, 0.2) is 0 Å². The van der Waals surface area contributed by atoms with Gasteiger partial charge in [-0.25, -0.2) is 9.97 Å². The van der Waals surface area contributed by atoms with Crippen LogP contribution in [0.4, 0.5) is 0 Å². The van der Waals surface area contributed by atoms with E-state index in [2.05, 4.69) is 37.7 Å². The van der Waals surface area contributed by atoms with Gasteiger partial charge in [0.2, 0.25) is 0 Å². The first-order valence-corrected chi connectivity index (χ1v) is 5.38. The average molecular weight is 192 g/mol. The van der Waals surface area contributed by atoms with E-state index in [1.165, 1.54) is 5.69 Å². The molecule has 1 aromatic heterocycles. The van der Waals surface area contributed by atoms with Crippen LogP contribution in [0.2, 0.25) is 0 Å². The zero-order valence-corrected chi connectivity index (χ0v) is 9.62. The molecule has 2 heteroatoms. The van der Waals surface area contributed by atoms with Gasteiger partial charge >= 0.3 is 0 Å². The van der Waals surface area contributed by atoms with Crippen molar-refractivity contribution >= 4 is 0 Å². The molecule has 0 spiro atoms. The largest absolute Gasteiger partial charge is 0.241 e. The van der Waals surface area contributed by atoms with Crippen molar-refractivity contribution in [1.82, 2.24) is 9.97 Å². The van der Waals surface area contributed by atoms with Crippen LogP contribution in [0.25, 0.3) is 0 Å². The Morgan fingerprint density at radius 2 is 1.71 bits per heavy atom. The highest BCUT2D eigenvalue weighted by Crippen LogP contribution is 2.07. The standard InChI is InChI=1S/C12H20N2/c1-9(2)7-11-5-6-13-12(14-11)8-10(3)4/h5-6,9-10H,7-8H2,1-4H3. The molecule has 0 bridgehead atoms. The van der Waals surface area contributed by atoms with Crippen LogP contribution in [0.1, 0.15) is 39.2 Å².